The Morgan fingerprint density at radius 2 is 1.80 bits per heavy atom. The number of amides is 1. The van der Waals surface area contributed by atoms with E-state index in [0.717, 1.165) is 58.3 Å². The second-order valence-electron chi connectivity index (χ2n) is 6.38. The Hall–Kier alpha value is -0.610. The van der Waals surface area contributed by atoms with E-state index in [4.69, 9.17) is 5.73 Å². The van der Waals surface area contributed by atoms with Crippen LogP contribution in [0.4, 0.5) is 0 Å². The number of likely N-dealkylation sites (tertiary alicyclic amines) is 1. The van der Waals surface area contributed by atoms with Crippen LogP contribution in [0, 0.1) is 5.92 Å². The third-order valence-corrected chi connectivity index (χ3v) is 4.04. The summed E-state index contributed by atoms with van der Waals surface area (Å²) >= 11 is 0. The van der Waals surface area contributed by atoms with Crippen molar-refractivity contribution >= 4 is 5.91 Å². The number of nitrogens with zero attached hydrogens (tertiary/aromatic N) is 2. The highest BCUT2D eigenvalue weighted by atomic mass is 16.2. The van der Waals surface area contributed by atoms with Crippen molar-refractivity contribution in [1.29, 1.82) is 0 Å². The van der Waals surface area contributed by atoms with Gasteiger partial charge in [0, 0.05) is 32.2 Å². The van der Waals surface area contributed by atoms with E-state index < -0.39 is 0 Å². The van der Waals surface area contributed by atoms with Gasteiger partial charge >= 0.3 is 0 Å². The lowest BCUT2D eigenvalue weighted by molar-refractivity contribution is -0.133. The third kappa shape index (κ3) is 6.23. The van der Waals surface area contributed by atoms with Crippen molar-refractivity contribution in [2.24, 2.45) is 11.7 Å². The van der Waals surface area contributed by atoms with Gasteiger partial charge in [-0.05, 0) is 25.2 Å². The molecule has 20 heavy (non-hydrogen) atoms. The molecule has 118 valence electrons. The van der Waals surface area contributed by atoms with Crippen LogP contribution in [0.1, 0.15) is 52.9 Å². The summed E-state index contributed by atoms with van der Waals surface area (Å²) in [6.45, 7) is 10.8. The highest BCUT2D eigenvalue weighted by molar-refractivity contribution is 5.78. The van der Waals surface area contributed by atoms with Crippen molar-refractivity contribution < 1.29 is 4.79 Å². The molecule has 1 amide bonds. The molecule has 2 atom stereocenters. The molecule has 0 radical (unpaired) electrons. The molecule has 0 saturated carbocycles. The Balaban J connectivity index is 2.46. The molecule has 1 heterocycles. The summed E-state index contributed by atoms with van der Waals surface area (Å²) in [5, 5.41) is 0. The molecular formula is C16H33N3O. The molecule has 4 nitrogen and oxygen atoms in total. The van der Waals surface area contributed by atoms with Crippen LogP contribution in [0.3, 0.4) is 0 Å². The fraction of sp³-hybridized carbons (Fsp3) is 0.938. The second kappa shape index (κ2) is 9.35. The summed E-state index contributed by atoms with van der Waals surface area (Å²) in [5.74, 6) is 0.888. The average molecular weight is 283 g/mol. The summed E-state index contributed by atoms with van der Waals surface area (Å²) in [7, 11) is 0. The maximum atomic E-state index is 12.5. The molecule has 2 unspecified atom stereocenters. The zero-order valence-corrected chi connectivity index (χ0v) is 13.6. The van der Waals surface area contributed by atoms with E-state index in [1.54, 1.807) is 0 Å². The molecule has 1 aliphatic heterocycles. The lowest BCUT2D eigenvalue weighted by Gasteiger charge is -2.35. The monoisotopic (exact) mass is 283 g/mol. The molecule has 1 saturated heterocycles. The smallest absolute Gasteiger partial charge is 0.236 e. The summed E-state index contributed by atoms with van der Waals surface area (Å²) < 4.78 is 0. The number of hydrogen-bond donors (Lipinski definition) is 1. The number of hydrogen-bond acceptors (Lipinski definition) is 3. The maximum absolute atomic E-state index is 12.5. The highest BCUT2D eigenvalue weighted by Gasteiger charge is 2.25. The molecule has 2 N–H and O–H groups in total. The van der Waals surface area contributed by atoms with E-state index in [9.17, 15) is 4.79 Å². The van der Waals surface area contributed by atoms with Gasteiger partial charge in [-0.15, -0.1) is 0 Å². The number of unbranched alkanes of at least 4 members (excludes halogenated alkanes) is 2. The van der Waals surface area contributed by atoms with Gasteiger partial charge in [-0.2, -0.15) is 0 Å². The van der Waals surface area contributed by atoms with Gasteiger partial charge < -0.3 is 10.6 Å². The first kappa shape index (κ1) is 17.4. The van der Waals surface area contributed by atoms with Crippen LogP contribution in [-0.4, -0.2) is 54.5 Å². The number of nitrogens with two attached hydrogens (primary N) is 1. The summed E-state index contributed by atoms with van der Waals surface area (Å²) in [5.41, 5.74) is 6.06. The number of carbonyl (C=O) groups excluding carboxylic acids is 1. The Morgan fingerprint density at radius 1 is 1.20 bits per heavy atom. The molecule has 1 rings (SSSR count). The first-order chi connectivity index (χ1) is 9.56. The van der Waals surface area contributed by atoms with Gasteiger partial charge in [0.15, 0.2) is 0 Å². The number of carbonyl (C=O) groups is 1. The van der Waals surface area contributed by atoms with Crippen LogP contribution < -0.4 is 5.73 Å². The van der Waals surface area contributed by atoms with Crippen molar-refractivity contribution in [3.05, 3.63) is 0 Å². The molecule has 0 aliphatic carbocycles. The Kier molecular flexibility index (Phi) is 8.15. The van der Waals surface area contributed by atoms with Gasteiger partial charge in [-0.3, -0.25) is 9.69 Å². The van der Waals surface area contributed by atoms with Crippen LogP contribution in [0.2, 0.25) is 0 Å². The van der Waals surface area contributed by atoms with Gasteiger partial charge in [-0.25, -0.2) is 0 Å². The summed E-state index contributed by atoms with van der Waals surface area (Å²) in [6, 6.07) is 0.228. The molecule has 0 aromatic rings. The van der Waals surface area contributed by atoms with Gasteiger partial charge in [0.2, 0.25) is 5.91 Å². The third-order valence-electron chi connectivity index (χ3n) is 4.04. The van der Waals surface area contributed by atoms with Crippen LogP contribution >= 0.6 is 0 Å². The average Bonchev–Trinajstić information content (AvgIpc) is 2.37. The summed E-state index contributed by atoms with van der Waals surface area (Å²) in [6.07, 6.45) is 5.57. The van der Waals surface area contributed by atoms with E-state index >= 15 is 0 Å². The van der Waals surface area contributed by atoms with Gasteiger partial charge in [0.25, 0.3) is 0 Å². The predicted octanol–water partition coefficient (Wildman–Crippen LogP) is 2.08. The minimum Gasteiger partial charge on any atom is -0.342 e. The van der Waals surface area contributed by atoms with E-state index in [1.807, 2.05) is 0 Å². The molecule has 1 fully saturated rings. The minimum absolute atomic E-state index is 0.228. The first-order valence-corrected chi connectivity index (χ1v) is 8.32. The normalized spacial score (nSPS) is 23.8. The van der Waals surface area contributed by atoms with E-state index in [1.165, 1.54) is 0 Å². The zero-order chi connectivity index (χ0) is 15.0. The van der Waals surface area contributed by atoms with Gasteiger partial charge in [-0.1, -0.05) is 33.6 Å². The lowest BCUT2D eigenvalue weighted by atomic mass is 9.96. The molecule has 1 aliphatic rings. The predicted molar refractivity (Wildman–Crippen MR) is 84.6 cm³/mol. The first-order valence-electron chi connectivity index (χ1n) is 8.32. The minimum atomic E-state index is 0.228. The van der Waals surface area contributed by atoms with Crippen LogP contribution in [-0.2, 0) is 4.79 Å². The van der Waals surface area contributed by atoms with Crippen molar-refractivity contribution in [1.82, 2.24) is 9.80 Å². The van der Waals surface area contributed by atoms with E-state index in [0.29, 0.717) is 12.5 Å². The molecule has 0 bridgehead atoms. The quantitative estimate of drug-likeness (QED) is 0.742. The SMILES string of the molecule is CCCCN(CCCC)C(=O)CN1CC(C)CC(N)C1. The molecule has 4 heteroatoms. The highest BCUT2D eigenvalue weighted by Crippen LogP contribution is 2.15. The Morgan fingerprint density at radius 3 is 2.30 bits per heavy atom. The zero-order valence-electron chi connectivity index (χ0n) is 13.6. The lowest BCUT2D eigenvalue weighted by Crippen LogP contribution is -2.50. The van der Waals surface area contributed by atoms with Crippen LogP contribution in [0.25, 0.3) is 0 Å². The molecular weight excluding hydrogens is 250 g/mol. The van der Waals surface area contributed by atoms with Crippen LogP contribution in [0.15, 0.2) is 0 Å². The standard InChI is InChI=1S/C16H33N3O/c1-4-6-8-19(9-7-5-2)16(20)13-18-11-14(3)10-15(17)12-18/h14-15H,4-13,17H2,1-3H3. The molecule has 0 aromatic heterocycles. The molecule has 0 spiro atoms. The maximum Gasteiger partial charge on any atom is 0.236 e. The second-order valence-corrected chi connectivity index (χ2v) is 6.38. The fourth-order valence-electron chi connectivity index (χ4n) is 2.99. The Labute approximate surface area is 124 Å². The van der Waals surface area contributed by atoms with E-state index in [-0.39, 0.29) is 11.9 Å². The van der Waals surface area contributed by atoms with Gasteiger partial charge in [0.05, 0.1) is 6.54 Å². The topological polar surface area (TPSA) is 49.6 Å². The largest absolute Gasteiger partial charge is 0.342 e. The van der Waals surface area contributed by atoms with E-state index in [2.05, 4.69) is 30.6 Å². The number of rotatable bonds is 8. The fourth-order valence-corrected chi connectivity index (χ4v) is 2.99. The van der Waals surface area contributed by atoms with Crippen molar-refractivity contribution in [2.75, 3.05) is 32.7 Å². The van der Waals surface area contributed by atoms with Crippen molar-refractivity contribution in [3.63, 3.8) is 0 Å². The van der Waals surface area contributed by atoms with Gasteiger partial charge in [0.1, 0.15) is 0 Å². The van der Waals surface area contributed by atoms with Crippen molar-refractivity contribution in [2.45, 2.75) is 58.9 Å². The van der Waals surface area contributed by atoms with Crippen LogP contribution in [0.5, 0.6) is 0 Å². The summed E-state index contributed by atoms with van der Waals surface area (Å²) in [4.78, 5) is 16.8. The molecule has 0 aromatic carbocycles. The number of piperidine rings is 1. The van der Waals surface area contributed by atoms with Crippen molar-refractivity contribution in [3.8, 4) is 0 Å². The Bertz CT molecular complexity index is 265.